The third kappa shape index (κ3) is 5.45. The van der Waals surface area contributed by atoms with E-state index in [0.717, 1.165) is 19.3 Å². The average molecular weight is 333 g/mol. The maximum absolute atomic E-state index is 11.6. The third-order valence-corrected chi connectivity index (χ3v) is 5.58. The van der Waals surface area contributed by atoms with Gasteiger partial charge in [0.05, 0.1) is 10.3 Å². The van der Waals surface area contributed by atoms with Crippen LogP contribution in [0.3, 0.4) is 0 Å². The van der Waals surface area contributed by atoms with E-state index in [-0.39, 0.29) is 11.3 Å². The number of nitrogens with one attached hydrogen (secondary N) is 1. The number of hydrogen-bond acceptors (Lipinski definition) is 5. The molecule has 1 aromatic heterocycles. The van der Waals surface area contributed by atoms with Gasteiger partial charge < -0.3 is 10.1 Å². The fourth-order valence-corrected chi connectivity index (χ4v) is 3.87. The van der Waals surface area contributed by atoms with E-state index in [1.807, 2.05) is 0 Å². The van der Waals surface area contributed by atoms with Crippen molar-refractivity contribution in [3.05, 3.63) is 23.4 Å². The molecule has 1 heterocycles. The lowest BCUT2D eigenvalue weighted by molar-refractivity contribution is 0.281. The van der Waals surface area contributed by atoms with E-state index in [1.165, 1.54) is 6.26 Å². The van der Waals surface area contributed by atoms with Crippen LogP contribution in [-0.2, 0) is 9.84 Å². The van der Waals surface area contributed by atoms with E-state index >= 15 is 0 Å². The van der Waals surface area contributed by atoms with Gasteiger partial charge in [-0.05, 0) is 25.3 Å². The predicted molar refractivity (Wildman–Crippen MR) is 83.6 cm³/mol. The Balaban J connectivity index is 1.70. The van der Waals surface area contributed by atoms with Gasteiger partial charge in [-0.3, -0.25) is 0 Å². The van der Waals surface area contributed by atoms with Gasteiger partial charge in [-0.25, -0.2) is 13.4 Å². The second kappa shape index (κ2) is 7.42. The van der Waals surface area contributed by atoms with Crippen molar-refractivity contribution in [1.29, 1.82) is 0 Å². The highest BCUT2D eigenvalue weighted by Crippen LogP contribution is 2.23. The number of rotatable bonds is 6. The summed E-state index contributed by atoms with van der Waals surface area (Å²) in [5.41, 5.74) is 0. The summed E-state index contributed by atoms with van der Waals surface area (Å²) in [7, 11) is -2.93. The molecule has 21 heavy (non-hydrogen) atoms. The molecule has 2 unspecified atom stereocenters. The summed E-state index contributed by atoms with van der Waals surface area (Å²) in [6.07, 6.45) is 6.32. The van der Waals surface area contributed by atoms with Crippen LogP contribution in [0.4, 0.5) is 0 Å². The smallest absolute Gasteiger partial charge is 0.213 e. The molecule has 0 aliphatic heterocycles. The molecule has 2 atom stereocenters. The lowest BCUT2D eigenvalue weighted by Crippen LogP contribution is -2.40. The number of sulfone groups is 1. The van der Waals surface area contributed by atoms with Crippen LogP contribution in [0, 0.1) is 0 Å². The maximum atomic E-state index is 11.6. The van der Waals surface area contributed by atoms with Crippen molar-refractivity contribution in [2.75, 3.05) is 19.4 Å². The maximum Gasteiger partial charge on any atom is 0.213 e. The van der Waals surface area contributed by atoms with Crippen molar-refractivity contribution in [2.45, 2.75) is 37.0 Å². The molecule has 1 fully saturated rings. The Hall–Kier alpha value is -0.850. The van der Waals surface area contributed by atoms with Crippen LogP contribution in [0.1, 0.15) is 25.7 Å². The molecule has 0 radical (unpaired) electrons. The standard InChI is InChI=1S/C14H21ClN2O3S/c1-21(18,19)13-4-2-3-12(9-13)16-7-8-20-14-6-5-11(15)10-17-14/h5-6,10,12-13,16H,2-4,7-9H2,1H3. The fraction of sp³-hybridized carbons (Fsp3) is 0.643. The van der Waals surface area contributed by atoms with Crippen LogP contribution in [0.15, 0.2) is 18.3 Å². The van der Waals surface area contributed by atoms with Crippen molar-refractivity contribution in [3.63, 3.8) is 0 Å². The molecule has 1 aromatic rings. The minimum absolute atomic E-state index is 0.206. The monoisotopic (exact) mass is 332 g/mol. The third-order valence-electron chi connectivity index (χ3n) is 3.72. The average Bonchev–Trinajstić information content (AvgIpc) is 2.45. The molecule has 1 saturated carbocycles. The molecule has 7 heteroatoms. The van der Waals surface area contributed by atoms with Gasteiger partial charge in [0.25, 0.3) is 0 Å². The van der Waals surface area contributed by atoms with Gasteiger partial charge in [0.15, 0.2) is 0 Å². The first kappa shape index (κ1) is 16.5. The first-order valence-electron chi connectivity index (χ1n) is 7.12. The van der Waals surface area contributed by atoms with Crippen LogP contribution in [0.25, 0.3) is 0 Å². The van der Waals surface area contributed by atoms with E-state index in [1.54, 1.807) is 18.3 Å². The molecule has 0 aromatic carbocycles. The number of halogens is 1. The van der Waals surface area contributed by atoms with Crippen molar-refractivity contribution >= 4 is 21.4 Å². The zero-order chi connectivity index (χ0) is 15.3. The number of aromatic nitrogens is 1. The molecular formula is C14H21ClN2O3S. The molecule has 0 amide bonds. The summed E-state index contributed by atoms with van der Waals surface area (Å²) >= 11 is 5.75. The normalized spacial score (nSPS) is 23.0. The Morgan fingerprint density at radius 2 is 2.24 bits per heavy atom. The van der Waals surface area contributed by atoms with Crippen LogP contribution in [0.5, 0.6) is 5.88 Å². The van der Waals surface area contributed by atoms with E-state index in [9.17, 15) is 8.42 Å². The predicted octanol–water partition coefficient (Wildman–Crippen LogP) is 2.06. The highest BCUT2D eigenvalue weighted by atomic mass is 35.5. The lowest BCUT2D eigenvalue weighted by Gasteiger charge is -2.28. The zero-order valence-electron chi connectivity index (χ0n) is 12.1. The number of ether oxygens (including phenoxy) is 1. The van der Waals surface area contributed by atoms with Gasteiger partial charge in [-0.15, -0.1) is 0 Å². The van der Waals surface area contributed by atoms with E-state index in [2.05, 4.69) is 10.3 Å². The number of hydrogen-bond donors (Lipinski definition) is 1. The van der Waals surface area contributed by atoms with Crippen molar-refractivity contribution < 1.29 is 13.2 Å². The molecule has 1 aliphatic carbocycles. The summed E-state index contributed by atoms with van der Waals surface area (Å²) in [5, 5.41) is 3.73. The van der Waals surface area contributed by atoms with Crippen molar-refractivity contribution in [2.24, 2.45) is 0 Å². The molecule has 0 bridgehead atoms. The van der Waals surface area contributed by atoms with Crippen LogP contribution < -0.4 is 10.1 Å². The SMILES string of the molecule is CS(=O)(=O)C1CCCC(NCCOc2ccc(Cl)cn2)C1. The molecule has 1 aliphatic rings. The van der Waals surface area contributed by atoms with Crippen molar-refractivity contribution in [1.82, 2.24) is 10.3 Å². The molecule has 0 saturated heterocycles. The Bertz CT molecular complexity index is 548. The summed E-state index contributed by atoms with van der Waals surface area (Å²) < 4.78 is 28.7. The summed E-state index contributed by atoms with van der Waals surface area (Å²) in [6.45, 7) is 1.17. The quantitative estimate of drug-likeness (QED) is 0.808. The topological polar surface area (TPSA) is 68.3 Å². The molecule has 1 N–H and O–H groups in total. The second-order valence-corrected chi connectivity index (χ2v) is 8.19. The fourth-order valence-electron chi connectivity index (χ4n) is 2.59. The molecule has 5 nitrogen and oxygen atoms in total. The van der Waals surface area contributed by atoms with Crippen molar-refractivity contribution in [3.8, 4) is 5.88 Å². The molecule has 0 spiro atoms. The Morgan fingerprint density at radius 1 is 1.43 bits per heavy atom. The molecular weight excluding hydrogens is 312 g/mol. The zero-order valence-corrected chi connectivity index (χ0v) is 13.7. The largest absolute Gasteiger partial charge is 0.476 e. The van der Waals surface area contributed by atoms with Gasteiger partial charge in [0.1, 0.15) is 16.4 Å². The highest BCUT2D eigenvalue weighted by Gasteiger charge is 2.28. The number of nitrogens with zero attached hydrogens (tertiary/aromatic N) is 1. The Morgan fingerprint density at radius 3 is 2.90 bits per heavy atom. The summed E-state index contributed by atoms with van der Waals surface area (Å²) in [5.74, 6) is 0.541. The van der Waals surface area contributed by atoms with Gasteiger partial charge in [-0.2, -0.15) is 0 Å². The van der Waals surface area contributed by atoms with Gasteiger partial charge in [0, 0.05) is 31.1 Å². The van der Waals surface area contributed by atoms with E-state index in [4.69, 9.17) is 16.3 Å². The summed E-state index contributed by atoms with van der Waals surface area (Å²) in [4.78, 5) is 4.05. The van der Waals surface area contributed by atoms with E-state index < -0.39 is 9.84 Å². The van der Waals surface area contributed by atoms with Crippen LogP contribution >= 0.6 is 11.6 Å². The Kier molecular flexibility index (Phi) is 5.84. The van der Waals surface area contributed by atoms with Gasteiger partial charge in [0.2, 0.25) is 5.88 Å². The van der Waals surface area contributed by atoms with Gasteiger partial charge >= 0.3 is 0 Å². The summed E-state index contributed by atoms with van der Waals surface area (Å²) in [6, 6.07) is 3.71. The highest BCUT2D eigenvalue weighted by molar-refractivity contribution is 7.91. The lowest BCUT2D eigenvalue weighted by atomic mass is 9.95. The minimum Gasteiger partial charge on any atom is -0.476 e. The molecule has 2 rings (SSSR count). The first-order chi connectivity index (χ1) is 9.95. The van der Waals surface area contributed by atoms with E-state index in [0.29, 0.717) is 30.5 Å². The Labute approximate surface area is 131 Å². The van der Waals surface area contributed by atoms with Crippen LogP contribution in [0.2, 0.25) is 5.02 Å². The van der Waals surface area contributed by atoms with Gasteiger partial charge in [-0.1, -0.05) is 18.0 Å². The minimum atomic E-state index is -2.93. The molecule has 118 valence electrons. The number of pyridine rings is 1. The second-order valence-electron chi connectivity index (χ2n) is 5.43. The van der Waals surface area contributed by atoms with Crippen LogP contribution in [-0.4, -0.2) is 44.1 Å². The first-order valence-corrected chi connectivity index (χ1v) is 9.45.